The smallest absolute Gasteiger partial charge is 0.323 e. The second kappa shape index (κ2) is 7.22. The third-order valence-electron chi connectivity index (χ3n) is 3.92. The zero-order valence-electron chi connectivity index (χ0n) is 12.2. The fourth-order valence-corrected chi connectivity index (χ4v) is 2.85. The highest BCUT2D eigenvalue weighted by atomic mass is 16.5. The molecule has 0 saturated carbocycles. The molecular weight excluding hydrogens is 270 g/mol. The highest BCUT2D eigenvalue weighted by molar-refractivity contribution is 5.75. The van der Waals surface area contributed by atoms with Crippen molar-refractivity contribution in [3.8, 4) is 0 Å². The molecule has 5 heteroatoms. The number of esters is 1. The van der Waals surface area contributed by atoms with Gasteiger partial charge in [-0.2, -0.15) is 0 Å². The Morgan fingerprint density at radius 3 is 2.67 bits per heavy atom. The number of rotatable bonds is 5. The van der Waals surface area contributed by atoms with Gasteiger partial charge in [0.05, 0.1) is 13.5 Å². The quantitative estimate of drug-likeness (QED) is 0.839. The molecule has 0 aliphatic carbocycles. The van der Waals surface area contributed by atoms with Crippen LogP contribution in [0, 0.1) is 0 Å². The van der Waals surface area contributed by atoms with Crippen LogP contribution in [-0.2, 0) is 27.3 Å². The minimum Gasteiger partial charge on any atom is -0.481 e. The number of hydrogen-bond acceptors (Lipinski definition) is 4. The summed E-state index contributed by atoms with van der Waals surface area (Å²) in [5, 5.41) is 8.99. The Bertz CT molecular complexity index is 515. The SMILES string of the molecule is COC(=O)[C@H]1CCCCN1Cc1ccccc1CC(=O)O. The van der Waals surface area contributed by atoms with Crippen LogP contribution >= 0.6 is 0 Å². The monoisotopic (exact) mass is 291 g/mol. The molecule has 1 saturated heterocycles. The van der Waals surface area contributed by atoms with E-state index >= 15 is 0 Å². The van der Waals surface area contributed by atoms with Crippen LogP contribution in [0.5, 0.6) is 0 Å². The first kappa shape index (κ1) is 15.5. The molecule has 114 valence electrons. The molecule has 1 fully saturated rings. The highest BCUT2D eigenvalue weighted by Crippen LogP contribution is 2.22. The van der Waals surface area contributed by atoms with Crippen molar-refractivity contribution in [1.29, 1.82) is 0 Å². The Morgan fingerprint density at radius 2 is 2.00 bits per heavy atom. The van der Waals surface area contributed by atoms with Crippen molar-refractivity contribution < 1.29 is 19.4 Å². The molecule has 21 heavy (non-hydrogen) atoms. The maximum absolute atomic E-state index is 11.9. The van der Waals surface area contributed by atoms with Gasteiger partial charge in [0.15, 0.2) is 0 Å². The lowest BCUT2D eigenvalue weighted by Crippen LogP contribution is -2.44. The van der Waals surface area contributed by atoms with Gasteiger partial charge in [-0.1, -0.05) is 30.7 Å². The standard InChI is InChI=1S/C16H21NO4/c1-21-16(20)14-8-4-5-9-17(14)11-13-7-3-2-6-12(13)10-15(18)19/h2-3,6-7,14H,4-5,8-11H2,1H3,(H,18,19)/t14-/m1/s1. The zero-order chi connectivity index (χ0) is 15.2. The van der Waals surface area contributed by atoms with E-state index in [1.54, 1.807) is 0 Å². The minimum absolute atomic E-state index is 0.00685. The van der Waals surface area contributed by atoms with Gasteiger partial charge in [0, 0.05) is 6.54 Å². The van der Waals surface area contributed by atoms with E-state index in [-0.39, 0.29) is 18.4 Å². The number of methoxy groups -OCH3 is 1. The number of carbonyl (C=O) groups is 2. The van der Waals surface area contributed by atoms with Gasteiger partial charge in [0.2, 0.25) is 0 Å². The Kier molecular flexibility index (Phi) is 5.33. The molecule has 0 radical (unpaired) electrons. The van der Waals surface area contributed by atoms with Crippen molar-refractivity contribution in [3.63, 3.8) is 0 Å². The Morgan fingerprint density at radius 1 is 1.29 bits per heavy atom. The normalized spacial score (nSPS) is 19.2. The summed E-state index contributed by atoms with van der Waals surface area (Å²) in [4.78, 5) is 24.9. The molecule has 0 aromatic heterocycles. The number of hydrogen-bond donors (Lipinski definition) is 1. The van der Waals surface area contributed by atoms with Crippen LogP contribution in [0.2, 0.25) is 0 Å². The third kappa shape index (κ3) is 4.04. The molecule has 1 heterocycles. The maximum Gasteiger partial charge on any atom is 0.323 e. The topological polar surface area (TPSA) is 66.8 Å². The predicted octanol–water partition coefficient (Wildman–Crippen LogP) is 1.84. The van der Waals surface area contributed by atoms with E-state index < -0.39 is 5.97 Å². The molecule has 0 spiro atoms. The van der Waals surface area contributed by atoms with Gasteiger partial charge in [-0.05, 0) is 30.5 Å². The molecule has 0 bridgehead atoms. The molecule has 1 N–H and O–H groups in total. The third-order valence-corrected chi connectivity index (χ3v) is 3.92. The molecule has 1 aliphatic heterocycles. The van der Waals surface area contributed by atoms with E-state index in [1.165, 1.54) is 7.11 Å². The fraction of sp³-hybridized carbons (Fsp3) is 0.500. The molecule has 0 unspecified atom stereocenters. The van der Waals surface area contributed by atoms with E-state index in [0.717, 1.165) is 36.9 Å². The van der Waals surface area contributed by atoms with Gasteiger partial charge in [0.25, 0.3) is 0 Å². The van der Waals surface area contributed by atoms with Gasteiger partial charge >= 0.3 is 11.9 Å². The summed E-state index contributed by atoms with van der Waals surface area (Å²) in [6.07, 6.45) is 2.88. The summed E-state index contributed by atoms with van der Waals surface area (Å²) in [7, 11) is 1.41. The lowest BCUT2D eigenvalue weighted by atomic mass is 9.99. The number of carboxylic acid groups (broad SMARTS) is 1. The van der Waals surface area contributed by atoms with Gasteiger partial charge in [-0.3, -0.25) is 14.5 Å². The van der Waals surface area contributed by atoms with Crippen molar-refractivity contribution in [2.24, 2.45) is 0 Å². The highest BCUT2D eigenvalue weighted by Gasteiger charge is 2.29. The summed E-state index contributed by atoms with van der Waals surface area (Å²) in [6.45, 7) is 1.42. The Labute approximate surface area is 124 Å². The molecular formula is C16H21NO4. The van der Waals surface area contributed by atoms with E-state index in [0.29, 0.717) is 6.54 Å². The number of carboxylic acids is 1. The van der Waals surface area contributed by atoms with Crippen molar-refractivity contribution in [3.05, 3.63) is 35.4 Å². The van der Waals surface area contributed by atoms with Crippen LogP contribution in [0.1, 0.15) is 30.4 Å². The molecule has 0 amide bonds. The lowest BCUT2D eigenvalue weighted by Gasteiger charge is -2.34. The van der Waals surface area contributed by atoms with Crippen LogP contribution < -0.4 is 0 Å². The summed E-state index contributed by atoms with van der Waals surface area (Å²) in [5.74, 6) is -1.05. The molecule has 1 aliphatic rings. The number of benzene rings is 1. The van der Waals surface area contributed by atoms with Crippen molar-refractivity contribution in [1.82, 2.24) is 4.90 Å². The summed E-state index contributed by atoms with van der Waals surface area (Å²) in [6, 6.07) is 7.29. The number of nitrogens with zero attached hydrogens (tertiary/aromatic N) is 1. The van der Waals surface area contributed by atoms with Crippen LogP contribution in [-0.4, -0.2) is 41.6 Å². The average molecular weight is 291 g/mol. The first-order chi connectivity index (χ1) is 10.1. The largest absolute Gasteiger partial charge is 0.481 e. The van der Waals surface area contributed by atoms with E-state index in [1.807, 2.05) is 24.3 Å². The van der Waals surface area contributed by atoms with Crippen molar-refractivity contribution in [2.45, 2.75) is 38.3 Å². The van der Waals surface area contributed by atoms with Crippen LogP contribution in [0.15, 0.2) is 24.3 Å². The Hall–Kier alpha value is -1.88. The van der Waals surface area contributed by atoms with E-state index in [2.05, 4.69) is 4.90 Å². The van der Waals surface area contributed by atoms with Crippen molar-refractivity contribution in [2.75, 3.05) is 13.7 Å². The molecule has 2 rings (SSSR count). The number of carbonyl (C=O) groups excluding carboxylic acids is 1. The maximum atomic E-state index is 11.9. The fourth-order valence-electron chi connectivity index (χ4n) is 2.85. The van der Waals surface area contributed by atoms with E-state index in [9.17, 15) is 9.59 Å². The number of piperidine rings is 1. The minimum atomic E-state index is -0.842. The van der Waals surface area contributed by atoms with Crippen LogP contribution in [0.4, 0.5) is 0 Å². The zero-order valence-corrected chi connectivity index (χ0v) is 12.2. The van der Waals surface area contributed by atoms with Gasteiger partial charge in [-0.25, -0.2) is 0 Å². The lowest BCUT2D eigenvalue weighted by molar-refractivity contribution is -0.148. The Balaban J connectivity index is 2.15. The van der Waals surface area contributed by atoms with Crippen molar-refractivity contribution >= 4 is 11.9 Å². The number of likely N-dealkylation sites (tertiary alicyclic amines) is 1. The summed E-state index contributed by atoms with van der Waals surface area (Å²) in [5.41, 5.74) is 1.77. The summed E-state index contributed by atoms with van der Waals surface area (Å²) >= 11 is 0. The van der Waals surface area contributed by atoms with Gasteiger partial charge in [-0.15, -0.1) is 0 Å². The molecule has 1 atom stereocenters. The molecule has 1 aromatic carbocycles. The molecule has 1 aromatic rings. The first-order valence-electron chi connectivity index (χ1n) is 7.22. The predicted molar refractivity (Wildman–Crippen MR) is 77.8 cm³/mol. The van der Waals surface area contributed by atoms with Gasteiger partial charge in [0.1, 0.15) is 6.04 Å². The number of ether oxygens (including phenoxy) is 1. The van der Waals surface area contributed by atoms with Crippen LogP contribution in [0.3, 0.4) is 0 Å². The van der Waals surface area contributed by atoms with Crippen LogP contribution in [0.25, 0.3) is 0 Å². The van der Waals surface area contributed by atoms with Gasteiger partial charge < -0.3 is 9.84 Å². The molecule has 5 nitrogen and oxygen atoms in total. The average Bonchev–Trinajstić information content (AvgIpc) is 2.48. The summed E-state index contributed by atoms with van der Waals surface area (Å²) < 4.78 is 4.88. The first-order valence-corrected chi connectivity index (χ1v) is 7.22. The van der Waals surface area contributed by atoms with E-state index in [4.69, 9.17) is 9.84 Å². The second-order valence-corrected chi connectivity index (χ2v) is 5.34. The second-order valence-electron chi connectivity index (χ2n) is 5.34. The number of aliphatic carboxylic acids is 1.